The molecule has 0 aliphatic rings. The predicted octanol–water partition coefficient (Wildman–Crippen LogP) is -0.846. The molecular weight excluding hydrogens is 106 g/mol. The first-order chi connectivity index (χ1) is 3.41. The second kappa shape index (κ2) is 9.99. The van der Waals surface area contributed by atoms with E-state index >= 15 is 0 Å². The van der Waals surface area contributed by atoms with E-state index in [1.807, 2.05) is 0 Å². The molecule has 4 N–H and O–H groups in total. The highest BCUT2D eigenvalue weighted by Gasteiger charge is 1.77. The number of aliphatic hydroxyl groups excluding tert-OH is 1. The van der Waals surface area contributed by atoms with Gasteiger partial charge in [0, 0.05) is 6.54 Å². The van der Waals surface area contributed by atoms with Crippen molar-refractivity contribution in [1.29, 1.82) is 0 Å². The number of nitrogens with one attached hydrogen (secondary N) is 1. The Morgan fingerprint density at radius 3 is 2.38 bits per heavy atom. The number of rotatable bonds is 4. The Bertz CT molecular complexity index is 29.6. The summed E-state index contributed by atoms with van der Waals surface area (Å²) in [7, 11) is 0. The highest BCUT2D eigenvalue weighted by atomic mass is 16.3. The predicted molar refractivity (Wildman–Crippen MR) is 33.9 cm³/mol. The van der Waals surface area contributed by atoms with Gasteiger partial charge in [-0.1, -0.05) is 6.92 Å². The van der Waals surface area contributed by atoms with Crippen LogP contribution in [0.2, 0.25) is 0 Å². The Balaban J connectivity index is 0. The zero-order valence-corrected chi connectivity index (χ0v) is 5.28. The van der Waals surface area contributed by atoms with E-state index < -0.39 is 0 Å². The normalized spacial score (nSPS) is 8.25. The lowest BCUT2D eigenvalue weighted by Gasteiger charge is -1.95. The molecular formula is C5H15NO2. The molecule has 0 aliphatic carbocycles. The van der Waals surface area contributed by atoms with Crippen molar-refractivity contribution < 1.29 is 10.6 Å². The van der Waals surface area contributed by atoms with Gasteiger partial charge in [-0.3, -0.25) is 0 Å². The topological polar surface area (TPSA) is 63.8 Å². The molecule has 0 aromatic rings. The van der Waals surface area contributed by atoms with Gasteiger partial charge in [0.15, 0.2) is 0 Å². The summed E-state index contributed by atoms with van der Waals surface area (Å²) in [6, 6.07) is 0. The van der Waals surface area contributed by atoms with E-state index in [0.717, 1.165) is 19.5 Å². The maximum atomic E-state index is 8.23. The average molecular weight is 121 g/mol. The fourth-order valence-corrected chi connectivity index (χ4v) is 0.381. The maximum Gasteiger partial charge on any atom is 0.0555 e. The molecule has 0 aliphatic heterocycles. The van der Waals surface area contributed by atoms with Crippen LogP contribution in [-0.4, -0.2) is 30.3 Å². The number of hydrogen-bond acceptors (Lipinski definition) is 2. The maximum absolute atomic E-state index is 8.23. The van der Waals surface area contributed by atoms with Crippen molar-refractivity contribution in [3.05, 3.63) is 0 Å². The molecule has 0 atom stereocenters. The Morgan fingerprint density at radius 1 is 1.38 bits per heavy atom. The molecule has 0 rings (SSSR count). The summed E-state index contributed by atoms with van der Waals surface area (Å²) in [6.45, 7) is 4.10. The quantitative estimate of drug-likeness (QED) is 0.476. The lowest BCUT2D eigenvalue weighted by atomic mass is 10.5. The third-order valence-corrected chi connectivity index (χ3v) is 0.715. The first-order valence-corrected chi connectivity index (χ1v) is 2.73. The van der Waals surface area contributed by atoms with E-state index in [0.29, 0.717) is 0 Å². The molecule has 0 heterocycles. The molecule has 0 saturated heterocycles. The monoisotopic (exact) mass is 121 g/mol. The van der Waals surface area contributed by atoms with Crippen molar-refractivity contribution in [1.82, 2.24) is 5.32 Å². The van der Waals surface area contributed by atoms with Crippen molar-refractivity contribution in [3.63, 3.8) is 0 Å². The molecule has 0 spiro atoms. The highest BCUT2D eigenvalue weighted by molar-refractivity contribution is 4.39. The van der Waals surface area contributed by atoms with Crippen LogP contribution in [0.5, 0.6) is 0 Å². The second-order valence-electron chi connectivity index (χ2n) is 1.47. The molecule has 3 heteroatoms. The van der Waals surface area contributed by atoms with Gasteiger partial charge in [0.05, 0.1) is 6.61 Å². The van der Waals surface area contributed by atoms with Crippen LogP contribution >= 0.6 is 0 Å². The van der Waals surface area contributed by atoms with Gasteiger partial charge in [-0.05, 0) is 13.0 Å². The highest BCUT2D eigenvalue weighted by Crippen LogP contribution is 1.66. The van der Waals surface area contributed by atoms with E-state index in [1.165, 1.54) is 0 Å². The molecule has 0 aromatic heterocycles. The summed E-state index contributed by atoms with van der Waals surface area (Å²) >= 11 is 0. The first kappa shape index (κ1) is 10.8. The van der Waals surface area contributed by atoms with Gasteiger partial charge in [0.2, 0.25) is 0 Å². The first-order valence-electron chi connectivity index (χ1n) is 2.73. The van der Waals surface area contributed by atoms with Gasteiger partial charge in [0.25, 0.3) is 0 Å². The van der Waals surface area contributed by atoms with Crippen molar-refractivity contribution in [2.24, 2.45) is 0 Å². The van der Waals surface area contributed by atoms with E-state index in [2.05, 4.69) is 12.2 Å². The van der Waals surface area contributed by atoms with Crippen molar-refractivity contribution in [2.75, 3.05) is 19.7 Å². The Labute approximate surface area is 50.0 Å². The van der Waals surface area contributed by atoms with Crippen molar-refractivity contribution >= 4 is 0 Å². The zero-order valence-electron chi connectivity index (χ0n) is 5.28. The summed E-state index contributed by atoms with van der Waals surface area (Å²) in [4.78, 5) is 0. The van der Waals surface area contributed by atoms with E-state index in [9.17, 15) is 0 Å². The van der Waals surface area contributed by atoms with Crippen LogP contribution in [0.4, 0.5) is 0 Å². The van der Waals surface area contributed by atoms with Gasteiger partial charge in [-0.15, -0.1) is 0 Å². The van der Waals surface area contributed by atoms with Crippen LogP contribution in [0, 0.1) is 0 Å². The van der Waals surface area contributed by atoms with Gasteiger partial charge < -0.3 is 15.9 Å². The molecule has 0 fully saturated rings. The van der Waals surface area contributed by atoms with Gasteiger partial charge in [-0.25, -0.2) is 0 Å². The molecule has 0 saturated carbocycles. The van der Waals surface area contributed by atoms with Gasteiger partial charge in [0.1, 0.15) is 0 Å². The summed E-state index contributed by atoms with van der Waals surface area (Å²) in [6.07, 6.45) is 1.14. The number of aliphatic hydroxyl groups is 1. The average Bonchev–Trinajstić information content (AvgIpc) is 1.69. The molecule has 0 aromatic carbocycles. The van der Waals surface area contributed by atoms with Crippen LogP contribution in [0.15, 0.2) is 0 Å². The minimum atomic E-state index is 0. The van der Waals surface area contributed by atoms with Crippen LogP contribution in [0.1, 0.15) is 13.3 Å². The molecule has 0 radical (unpaired) electrons. The van der Waals surface area contributed by atoms with Crippen molar-refractivity contribution in [3.8, 4) is 0 Å². The summed E-state index contributed by atoms with van der Waals surface area (Å²) < 4.78 is 0. The van der Waals surface area contributed by atoms with Crippen LogP contribution in [0.3, 0.4) is 0 Å². The molecule has 0 unspecified atom stereocenters. The lowest BCUT2D eigenvalue weighted by molar-refractivity contribution is 0.292. The zero-order chi connectivity index (χ0) is 5.54. The Hall–Kier alpha value is -0.120. The third-order valence-electron chi connectivity index (χ3n) is 0.715. The van der Waals surface area contributed by atoms with Crippen LogP contribution in [-0.2, 0) is 0 Å². The smallest absolute Gasteiger partial charge is 0.0555 e. The molecule has 0 amide bonds. The Morgan fingerprint density at radius 2 is 2.00 bits per heavy atom. The second-order valence-corrected chi connectivity index (χ2v) is 1.47. The van der Waals surface area contributed by atoms with Gasteiger partial charge >= 0.3 is 0 Å². The molecule has 52 valence electrons. The molecule has 8 heavy (non-hydrogen) atoms. The largest absolute Gasteiger partial charge is 0.412 e. The van der Waals surface area contributed by atoms with E-state index in [1.54, 1.807) is 0 Å². The van der Waals surface area contributed by atoms with Crippen LogP contribution < -0.4 is 5.32 Å². The lowest BCUT2D eigenvalue weighted by Crippen LogP contribution is -2.18. The molecule has 0 bridgehead atoms. The summed E-state index contributed by atoms with van der Waals surface area (Å²) in [5.74, 6) is 0. The summed E-state index contributed by atoms with van der Waals surface area (Å²) in [5.41, 5.74) is 0. The van der Waals surface area contributed by atoms with Crippen LogP contribution in [0.25, 0.3) is 0 Å². The minimum Gasteiger partial charge on any atom is -0.412 e. The Kier molecular flexibility index (Phi) is 13.5. The number of hydrogen-bond donors (Lipinski definition) is 2. The summed E-state index contributed by atoms with van der Waals surface area (Å²) in [5, 5.41) is 11.3. The SMILES string of the molecule is CCCNCCO.O. The van der Waals surface area contributed by atoms with E-state index in [-0.39, 0.29) is 12.1 Å². The standard InChI is InChI=1S/C5H13NO.H2O/c1-2-3-6-4-5-7;/h6-7H,2-5H2,1H3;1H2. The van der Waals surface area contributed by atoms with E-state index in [4.69, 9.17) is 5.11 Å². The van der Waals surface area contributed by atoms with Crippen molar-refractivity contribution in [2.45, 2.75) is 13.3 Å². The van der Waals surface area contributed by atoms with Gasteiger partial charge in [-0.2, -0.15) is 0 Å². The molecule has 3 nitrogen and oxygen atoms in total. The third kappa shape index (κ3) is 9.30. The fourth-order valence-electron chi connectivity index (χ4n) is 0.381. The fraction of sp³-hybridized carbons (Fsp3) is 1.00. The minimum absolute atomic E-state index is 0.